The highest BCUT2D eigenvalue weighted by molar-refractivity contribution is 6.51. The third kappa shape index (κ3) is 1.58. The molecule has 0 aromatic heterocycles. The van der Waals surface area contributed by atoms with Crippen LogP contribution in [0.4, 0.5) is 5.69 Å². The molecule has 0 saturated carbocycles. The lowest BCUT2D eigenvalue weighted by Crippen LogP contribution is -2.52. The van der Waals surface area contributed by atoms with Gasteiger partial charge in [-0.15, -0.1) is 0 Å². The van der Waals surface area contributed by atoms with Gasteiger partial charge in [0.05, 0.1) is 18.4 Å². The molecule has 1 aliphatic rings. The molecule has 6 nitrogen and oxygen atoms in total. The quantitative estimate of drug-likeness (QED) is 0.585. The molecule has 88 valence electrons. The first kappa shape index (κ1) is 11.3. The maximum Gasteiger partial charge on any atom is 0.337 e. The summed E-state index contributed by atoms with van der Waals surface area (Å²) in [6.07, 6.45) is 0. The topological polar surface area (TPSA) is 83.9 Å². The number of carbonyl (C=O) groups is 3. The van der Waals surface area contributed by atoms with Crippen LogP contribution in [0.3, 0.4) is 0 Å². The Morgan fingerprint density at radius 2 is 2.00 bits per heavy atom. The van der Waals surface area contributed by atoms with Crippen LogP contribution in [0.15, 0.2) is 24.3 Å². The van der Waals surface area contributed by atoms with Gasteiger partial charge in [-0.25, -0.2) is 9.86 Å². The van der Waals surface area contributed by atoms with Gasteiger partial charge in [0, 0.05) is 0 Å². The van der Waals surface area contributed by atoms with Gasteiger partial charge in [0.15, 0.2) is 0 Å². The number of benzene rings is 1. The number of ketones is 2. The predicted molar refractivity (Wildman–Crippen MR) is 56.7 cm³/mol. The second kappa shape index (κ2) is 3.99. The standard InChI is InChI=1S/C11H9NO5/c1-17-12-7-5-3-2-4-6(7)9(13)10(14)8(12)11(15)16/h2-5,8H,1H3,(H,15,16). The fourth-order valence-electron chi connectivity index (χ4n) is 1.78. The SMILES string of the molecule is CON1c2ccccc2C(=O)C(=O)C1C(=O)O. The van der Waals surface area contributed by atoms with Gasteiger partial charge >= 0.3 is 5.97 Å². The molecule has 0 saturated heterocycles. The summed E-state index contributed by atoms with van der Waals surface area (Å²) in [6.45, 7) is 0. The average Bonchev–Trinajstić information content (AvgIpc) is 2.33. The normalized spacial score (nSPS) is 19.1. The zero-order valence-corrected chi connectivity index (χ0v) is 8.91. The Bertz CT molecular complexity index is 510. The molecule has 2 rings (SSSR count). The van der Waals surface area contributed by atoms with Gasteiger partial charge in [-0.1, -0.05) is 12.1 Å². The van der Waals surface area contributed by atoms with E-state index in [1.807, 2.05) is 0 Å². The van der Waals surface area contributed by atoms with Crippen LogP contribution in [-0.2, 0) is 14.4 Å². The van der Waals surface area contributed by atoms with E-state index < -0.39 is 23.6 Å². The summed E-state index contributed by atoms with van der Waals surface area (Å²) >= 11 is 0. The van der Waals surface area contributed by atoms with Crippen LogP contribution in [0.5, 0.6) is 0 Å². The summed E-state index contributed by atoms with van der Waals surface area (Å²) in [5.41, 5.74) is 0.434. The number of hydrogen-bond donors (Lipinski definition) is 1. The Morgan fingerprint density at radius 3 is 2.59 bits per heavy atom. The second-order valence-corrected chi connectivity index (χ2v) is 3.46. The van der Waals surface area contributed by atoms with Gasteiger partial charge in [-0.2, -0.15) is 0 Å². The average molecular weight is 235 g/mol. The summed E-state index contributed by atoms with van der Waals surface area (Å²) in [5, 5.41) is 9.89. The van der Waals surface area contributed by atoms with Gasteiger partial charge < -0.3 is 5.11 Å². The number of fused-ring (bicyclic) bond motifs is 1. The first-order valence-corrected chi connectivity index (χ1v) is 4.81. The second-order valence-electron chi connectivity index (χ2n) is 3.46. The Labute approximate surface area is 96.4 Å². The van der Waals surface area contributed by atoms with Gasteiger partial charge in [0.25, 0.3) is 0 Å². The molecule has 1 aliphatic heterocycles. The molecule has 1 atom stereocenters. The maximum atomic E-state index is 11.7. The number of carboxylic acids is 1. The minimum absolute atomic E-state index is 0.150. The predicted octanol–water partition coefficient (Wildman–Crippen LogP) is 0.273. The van der Waals surface area contributed by atoms with Crippen LogP contribution in [0.2, 0.25) is 0 Å². The molecular formula is C11H9NO5. The Kier molecular flexibility index (Phi) is 2.64. The van der Waals surface area contributed by atoms with Gasteiger partial charge in [-0.3, -0.25) is 14.4 Å². The molecule has 1 heterocycles. The van der Waals surface area contributed by atoms with Gasteiger partial charge in [-0.05, 0) is 12.1 Å². The minimum Gasteiger partial charge on any atom is -0.479 e. The lowest BCUT2D eigenvalue weighted by atomic mass is 9.95. The molecular weight excluding hydrogens is 226 g/mol. The fraction of sp³-hybridized carbons (Fsp3) is 0.182. The van der Waals surface area contributed by atoms with Gasteiger partial charge in [0.2, 0.25) is 17.6 Å². The van der Waals surface area contributed by atoms with E-state index in [4.69, 9.17) is 9.94 Å². The van der Waals surface area contributed by atoms with Crippen LogP contribution < -0.4 is 5.06 Å². The van der Waals surface area contributed by atoms with Crippen molar-refractivity contribution in [1.29, 1.82) is 0 Å². The number of Topliss-reactive ketones (excluding diaryl/α,β-unsaturated/α-hetero) is 2. The highest BCUT2D eigenvalue weighted by Gasteiger charge is 2.44. The fourth-order valence-corrected chi connectivity index (χ4v) is 1.78. The molecule has 0 radical (unpaired) electrons. The van der Waals surface area contributed by atoms with Crippen molar-refractivity contribution in [2.75, 3.05) is 12.2 Å². The van der Waals surface area contributed by atoms with Crippen molar-refractivity contribution < 1.29 is 24.3 Å². The van der Waals surface area contributed by atoms with Crippen LogP contribution in [0.25, 0.3) is 0 Å². The third-order valence-corrected chi connectivity index (χ3v) is 2.52. The summed E-state index contributed by atoms with van der Waals surface area (Å²) in [6, 6.07) is 4.59. The number of rotatable bonds is 2. The molecule has 0 amide bonds. The Hall–Kier alpha value is -2.21. The minimum atomic E-state index is -1.62. The number of carbonyl (C=O) groups excluding carboxylic acids is 2. The van der Waals surface area contributed by atoms with Crippen LogP contribution in [-0.4, -0.2) is 35.8 Å². The Balaban J connectivity index is 2.62. The Morgan fingerprint density at radius 1 is 1.35 bits per heavy atom. The zero-order valence-electron chi connectivity index (χ0n) is 8.91. The molecule has 1 aromatic rings. The summed E-state index contributed by atoms with van der Waals surface area (Å²) in [5.74, 6) is -3.22. The molecule has 1 N–H and O–H groups in total. The van der Waals surface area contributed by atoms with Gasteiger partial charge in [0.1, 0.15) is 0 Å². The number of nitrogens with zero attached hydrogens (tertiary/aromatic N) is 1. The molecule has 1 unspecified atom stereocenters. The van der Waals surface area contributed by atoms with Crippen molar-refractivity contribution >= 4 is 23.2 Å². The third-order valence-electron chi connectivity index (χ3n) is 2.52. The lowest BCUT2D eigenvalue weighted by Gasteiger charge is -2.31. The largest absolute Gasteiger partial charge is 0.479 e. The summed E-state index contributed by atoms with van der Waals surface area (Å²) < 4.78 is 0. The molecule has 17 heavy (non-hydrogen) atoms. The number of hydrogen-bond acceptors (Lipinski definition) is 5. The van der Waals surface area contributed by atoms with Crippen LogP contribution in [0, 0.1) is 0 Å². The number of hydroxylamine groups is 1. The smallest absolute Gasteiger partial charge is 0.337 e. The molecule has 0 spiro atoms. The van der Waals surface area contributed by atoms with Crippen molar-refractivity contribution in [3.05, 3.63) is 29.8 Å². The molecule has 0 fully saturated rings. The van der Waals surface area contributed by atoms with E-state index in [-0.39, 0.29) is 11.3 Å². The van der Waals surface area contributed by atoms with Crippen molar-refractivity contribution in [2.45, 2.75) is 6.04 Å². The van der Waals surface area contributed by atoms with Crippen molar-refractivity contribution in [3.8, 4) is 0 Å². The first-order valence-electron chi connectivity index (χ1n) is 4.81. The first-order chi connectivity index (χ1) is 8.07. The highest BCUT2D eigenvalue weighted by Crippen LogP contribution is 2.28. The number of para-hydroxylation sites is 1. The maximum absolute atomic E-state index is 11.7. The van der Waals surface area contributed by atoms with E-state index in [0.717, 1.165) is 5.06 Å². The highest BCUT2D eigenvalue weighted by atomic mass is 16.7. The lowest BCUT2D eigenvalue weighted by molar-refractivity contribution is -0.143. The number of aliphatic carboxylic acids is 1. The van der Waals surface area contributed by atoms with Crippen molar-refractivity contribution in [3.63, 3.8) is 0 Å². The van der Waals surface area contributed by atoms with E-state index >= 15 is 0 Å². The van der Waals surface area contributed by atoms with E-state index in [1.165, 1.54) is 19.2 Å². The number of carboxylic acid groups (broad SMARTS) is 1. The van der Waals surface area contributed by atoms with E-state index in [1.54, 1.807) is 12.1 Å². The van der Waals surface area contributed by atoms with E-state index in [0.29, 0.717) is 0 Å². The van der Waals surface area contributed by atoms with E-state index in [9.17, 15) is 14.4 Å². The molecule has 1 aromatic carbocycles. The van der Waals surface area contributed by atoms with E-state index in [2.05, 4.69) is 0 Å². The molecule has 0 bridgehead atoms. The molecule has 6 heteroatoms. The summed E-state index contributed by atoms with van der Waals surface area (Å²) in [4.78, 5) is 39.2. The number of anilines is 1. The van der Waals surface area contributed by atoms with Crippen LogP contribution in [0.1, 0.15) is 10.4 Å². The van der Waals surface area contributed by atoms with Crippen molar-refractivity contribution in [2.24, 2.45) is 0 Å². The zero-order chi connectivity index (χ0) is 12.6. The van der Waals surface area contributed by atoms with Crippen molar-refractivity contribution in [1.82, 2.24) is 0 Å². The van der Waals surface area contributed by atoms with Crippen LogP contribution >= 0.6 is 0 Å². The summed E-state index contributed by atoms with van der Waals surface area (Å²) in [7, 11) is 1.25. The molecule has 0 aliphatic carbocycles. The monoisotopic (exact) mass is 235 g/mol.